The van der Waals surface area contributed by atoms with E-state index in [0.29, 0.717) is 26.1 Å². The van der Waals surface area contributed by atoms with E-state index in [2.05, 4.69) is 34.9 Å². The van der Waals surface area contributed by atoms with Crippen molar-refractivity contribution in [1.82, 2.24) is 10.6 Å². The van der Waals surface area contributed by atoms with Crippen molar-refractivity contribution in [3.8, 4) is 11.1 Å². The average molecular weight is 467 g/mol. The van der Waals surface area contributed by atoms with E-state index in [9.17, 15) is 14.4 Å². The van der Waals surface area contributed by atoms with E-state index in [0.717, 1.165) is 22.3 Å². The molecule has 1 heterocycles. The Morgan fingerprint density at radius 1 is 1.09 bits per heavy atom. The SMILES string of the molecule is CC[C@@H](NC(=O)CC1COCCC1NC(=O)OCC1c2ccccc2-c2ccccc21)C(=O)O. The fraction of sp³-hybridized carbons (Fsp3) is 0.423. The molecule has 1 aliphatic heterocycles. The molecule has 3 N–H and O–H groups in total. The maximum absolute atomic E-state index is 12.7. The van der Waals surface area contributed by atoms with Crippen molar-refractivity contribution in [2.45, 2.75) is 44.2 Å². The van der Waals surface area contributed by atoms with Crippen LogP contribution in [0.25, 0.3) is 11.1 Å². The molecule has 180 valence electrons. The second-order valence-corrected chi connectivity index (χ2v) is 8.77. The molecule has 2 unspecified atom stereocenters. The van der Waals surface area contributed by atoms with Crippen molar-refractivity contribution in [2.24, 2.45) is 5.92 Å². The molecule has 34 heavy (non-hydrogen) atoms. The van der Waals surface area contributed by atoms with Gasteiger partial charge in [-0.2, -0.15) is 0 Å². The van der Waals surface area contributed by atoms with Crippen LogP contribution >= 0.6 is 0 Å². The minimum Gasteiger partial charge on any atom is -0.480 e. The topological polar surface area (TPSA) is 114 Å². The third-order valence-electron chi connectivity index (χ3n) is 6.61. The second kappa shape index (κ2) is 10.7. The van der Waals surface area contributed by atoms with Gasteiger partial charge < -0.3 is 25.2 Å². The van der Waals surface area contributed by atoms with E-state index < -0.39 is 18.1 Å². The Balaban J connectivity index is 1.35. The van der Waals surface area contributed by atoms with Gasteiger partial charge in [-0.3, -0.25) is 4.79 Å². The molecule has 8 nitrogen and oxygen atoms in total. The number of carbonyl (C=O) groups is 3. The lowest BCUT2D eigenvalue weighted by Crippen LogP contribution is -2.48. The summed E-state index contributed by atoms with van der Waals surface area (Å²) in [6.45, 7) is 2.69. The van der Waals surface area contributed by atoms with Gasteiger partial charge in [-0.15, -0.1) is 0 Å². The van der Waals surface area contributed by atoms with Crippen LogP contribution in [0.5, 0.6) is 0 Å². The number of aliphatic carboxylic acids is 1. The highest BCUT2D eigenvalue weighted by Crippen LogP contribution is 2.44. The molecular formula is C26H30N2O6. The number of hydrogen-bond acceptors (Lipinski definition) is 5. The van der Waals surface area contributed by atoms with Crippen LogP contribution in [0.3, 0.4) is 0 Å². The number of rotatable bonds is 8. The summed E-state index contributed by atoms with van der Waals surface area (Å²) in [6, 6.07) is 15.1. The summed E-state index contributed by atoms with van der Waals surface area (Å²) in [5.74, 6) is -1.73. The van der Waals surface area contributed by atoms with Crippen molar-refractivity contribution >= 4 is 18.0 Å². The summed E-state index contributed by atoms with van der Waals surface area (Å²) in [5, 5.41) is 14.6. The molecule has 0 saturated carbocycles. The minimum atomic E-state index is -1.07. The van der Waals surface area contributed by atoms with Gasteiger partial charge in [0.25, 0.3) is 0 Å². The number of alkyl carbamates (subject to hydrolysis) is 1. The van der Waals surface area contributed by atoms with Gasteiger partial charge in [0.15, 0.2) is 0 Å². The molecule has 1 fully saturated rings. The Morgan fingerprint density at radius 2 is 1.74 bits per heavy atom. The van der Waals surface area contributed by atoms with Gasteiger partial charge >= 0.3 is 12.1 Å². The van der Waals surface area contributed by atoms with E-state index in [1.807, 2.05) is 24.3 Å². The molecule has 0 radical (unpaired) electrons. The van der Waals surface area contributed by atoms with E-state index in [4.69, 9.17) is 14.6 Å². The Hall–Kier alpha value is -3.39. The summed E-state index contributed by atoms with van der Waals surface area (Å²) in [6.07, 6.45) is 0.385. The molecule has 2 aliphatic rings. The largest absolute Gasteiger partial charge is 0.480 e. The zero-order valence-electron chi connectivity index (χ0n) is 19.2. The summed E-state index contributed by atoms with van der Waals surface area (Å²) >= 11 is 0. The second-order valence-electron chi connectivity index (χ2n) is 8.77. The summed E-state index contributed by atoms with van der Waals surface area (Å²) in [7, 11) is 0. The van der Waals surface area contributed by atoms with Crippen LogP contribution in [-0.2, 0) is 19.1 Å². The van der Waals surface area contributed by atoms with Gasteiger partial charge in [-0.05, 0) is 35.1 Å². The van der Waals surface area contributed by atoms with Crippen molar-refractivity contribution in [2.75, 3.05) is 19.8 Å². The third-order valence-corrected chi connectivity index (χ3v) is 6.61. The van der Waals surface area contributed by atoms with Crippen molar-refractivity contribution in [3.63, 3.8) is 0 Å². The molecule has 2 amide bonds. The first kappa shape index (κ1) is 23.8. The Morgan fingerprint density at radius 3 is 2.35 bits per heavy atom. The summed E-state index contributed by atoms with van der Waals surface area (Å²) < 4.78 is 11.1. The van der Waals surface area contributed by atoms with Crippen molar-refractivity contribution < 1.29 is 29.0 Å². The van der Waals surface area contributed by atoms with Gasteiger partial charge in [0.2, 0.25) is 5.91 Å². The number of fused-ring (bicyclic) bond motifs is 3. The predicted octanol–water partition coefficient (Wildman–Crippen LogP) is 3.30. The molecule has 0 aromatic heterocycles. The number of nitrogens with one attached hydrogen (secondary N) is 2. The van der Waals surface area contributed by atoms with Gasteiger partial charge in [0, 0.05) is 30.9 Å². The first-order chi connectivity index (χ1) is 16.5. The van der Waals surface area contributed by atoms with Gasteiger partial charge in [0.1, 0.15) is 12.6 Å². The number of hydrogen-bond donors (Lipinski definition) is 3. The minimum absolute atomic E-state index is 0.0311. The zero-order valence-corrected chi connectivity index (χ0v) is 19.2. The van der Waals surface area contributed by atoms with Crippen molar-refractivity contribution in [1.29, 1.82) is 0 Å². The number of benzene rings is 2. The first-order valence-electron chi connectivity index (χ1n) is 11.7. The van der Waals surface area contributed by atoms with Crippen LogP contribution in [0, 0.1) is 5.92 Å². The van der Waals surface area contributed by atoms with Crippen LogP contribution in [0.15, 0.2) is 48.5 Å². The van der Waals surface area contributed by atoms with E-state index in [1.54, 1.807) is 6.92 Å². The molecule has 1 aliphatic carbocycles. The van der Waals surface area contributed by atoms with Crippen LogP contribution in [0.4, 0.5) is 4.79 Å². The number of carboxylic acid groups (broad SMARTS) is 1. The van der Waals surface area contributed by atoms with E-state index >= 15 is 0 Å². The number of carbonyl (C=O) groups excluding carboxylic acids is 2. The molecule has 0 spiro atoms. The maximum atomic E-state index is 12.7. The fourth-order valence-electron chi connectivity index (χ4n) is 4.81. The molecule has 0 bridgehead atoms. The van der Waals surface area contributed by atoms with E-state index in [-0.39, 0.29) is 36.8 Å². The molecular weight excluding hydrogens is 436 g/mol. The maximum Gasteiger partial charge on any atom is 0.407 e. The van der Waals surface area contributed by atoms with Crippen LogP contribution < -0.4 is 10.6 Å². The Kier molecular flexibility index (Phi) is 7.47. The monoisotopic (exact) mass is 466 g/mol. The lowest BCUT2D eigenvalue weighted by molar-refractivity contribution is -0.142. The van der Waals surface area contributed by atoms with Gasteiger partial charge in [0.05, 0.1) is 6.61 Å². The lowest BCUT2D eigenvalue weighted by Gasteiger charge is -2.32. The van der Waals surface area contributed by atoms with Crippen molar-refractivity contribution in [3.05, 3.63) is 59.7 Å². The van der Waals surface area contributed by atoms with Crippen LogP contribution in [0.1, 0.15) is 43.2 Å². The quantitative estimate of drug-likeness (QED) is 0.550. The number of amides is 2. The predicted molar refractivity (Wildman–Crippen MR) is 125 cm³/mol. The number of ether oxygens (including phenoxy) is 2. The highest BCUT2D eigenvalue weighted by molar-refractivity contribution is 5.83. The van der Waals surface area contributed by atoms with Crippen LogP contribution in [-0.4, -0.2) is 55.0 Å². The van der Waals surface area contributed by atoms with Gasteiger partial charge in [-0.25, -0.2) is 9.59 Å². The average Bonchev–Trinajstić information content (AvgIpc) is 3.16. The van der Waals surface area contributed by atoms with Crippen LogP contribution in [0.2, 0.25) is 0 Å². The normalized spacial score (nSPS) is 20.0. The smallest absolute Gasteiger partial charge is 0.407 e. The molecule has 2 aromatic carbocycles. The molecule has 1 saturated heterocycles. The summed E-state index contributed by atoms with van der Waals surface area (Å²) in [4.78, 5) is 36.3. The molecule has 4 rings (SSSR count). The number of carboxylic acids is 1. The third kappa shape index (κ3) is 5.22. The fourth-order valence-corrected chi connectivity index (χ4v) is 4.81. The molecule has 2 aromatic rings. The Labute approximate surface area is 198 Å². The first-order valence-corrected chi connectivity index (χ1v) is 11.7. The molecule has 3 atom stereocenters. The van der Waals surface area contributed by atoms with E-state index in [1.165, 1.54) is 0 Å². The summed E-state index contributed by atoms with van der Waals surface area (Å²) in [5.41, 5.74) is 4.60. The molecule has 8 heteroatoms. The Bertz CT molecular complexity index is 1010. The van der Waals surface area contributed by atoms with Gasteiger partial charge in [-0.1, -0.05) is 55.5 Å². The lowest BCUT2D eigenvalue weighted by atomic mass is 9.92. The standard InChI is InChI=1S/C26H30N2O6/c1-2-22(25(30)31)27-24(29)13-16-14-33-12-11-23(16)28-26(32)34-15-21-19-9-5-3-7-17(19)18-8-4-6-10-20(18)21/h3-10,16,21-23H,2,11-15H2,1H3,(H,27,29)(H,28,32)(H,30,31)/t16?,22-,23?/m1/s1. The highest BCUT2D eigenvalue weighted by atomic mass is 16.5. The highest BCUT2D eigenvalue weighted by Gasteiger charge is 2.32. The zero-order chi connectivity index (χ0) is 24.1.